The van der Waals surface area contributed by atoms with E-state index in [0.29, 0.717) is 51.8 Å². The minimum atomic E-state index is -4.67. The second-order valence-electron chi connectivity index (χ2n) is 20.4. The number of aromatic amines is 1. The van der Waals surface area contributed by atoms with Gasteiger partial charge in [0.25, 0.3) is 11.1 Å². The molecular weight excluding hydrogens is 1570 g/mol. The number of aldehydes is 1. The summed E-state index contributed by atoms with van der Waals surface area (Å²) in [5.41, 5.74) is 9.98. The predicted molar refractivity (Wildman–Crippen MR) is 385 cm³/mol. The van der Waals surface area contributed by atoms with Crippen molar-refractivity contribution < 1.29 is 96.0 Å². The van der Waals surface area contributed by atoms with Gasteiger partial charge >= 0.3 is 60.2 Å². The summed E-state index contributed by atoms with van der Waals surface area (Å²) < 4.78 is 175. The molecule has 4 aliphatic rings. The van der Waals surface area contributed by atoms with Crippen molar-refractivity contribution in [1.82, 2.24) is 28.3 Å². The molecule has 2 saturated carbocycles. The number of aromatic nitrogens is 2. The Hall–Kier alpha value is -6.68. The maximum atomic E-state index is 13.8. The first-order chi connectivity index (χ1) is 49.7. The Bertz CT molecular complexity index is 4390. The third kappa shape index (κ3) is 33.6. The van der Waals surface area contributed by atoms with Crippen LogP contribution in [0.15, 0.2) is 133 Å². The number of piperazine rings is 2. The van der Waals surface area contributed by atoms with Crippen LogP contribution in [0.2, 0.25) is 0 Å². The number of hydrogen-bond acceptors (Lipinski definition) is 19. The standard InChI is InChI=1S/C16H18FN3O2S.C14H10F2N2O2S2.C8H14N2O.C7H3F2N.C7H4FNOS.C7H4FNS.C2HF3O.CH3F.CH2O.2Na.H2O4S.H2S/c17-13-3-1-2-12-14(13)23-20(16(12)22)10-18-6-8-19(9-7-18)15(21)11-4-5-11;15-9-5-1-3-7(13(17)19)11(9)21-22-12-8(14(18)20)4-2-6-10(12)16;11-8(7-1-2-7)10-5-3-9-4-6-10;8-6-3-1-2-5(4-10)7(6)9;8-5-3-1-2-4-6(5)11-9-7(4)10;8-6-3-1-2-5(4-9)7(6)10;3-2(4,5)1-6;2*1-2;;;1-5(2,3)4;/h1-3,11H,4-10H2;1-6H,(H2,17,19)(H2,18,20);7,9H,1-6H2;1-3H;1-3H,(H,9,10);1-3,10H;1H;1H3;1H2;;;(H2,1,2,3,4);1H2/i;;;;;;;1D;;;;;. The molecule has 2 aliphatic carbocycles. The number of alkyl halides is 4. The van der Waals surface area contributed by atoms with Crippen LogP contribution in [-0.4, -0.2) is 187 Å². The zero-order valence-electron chi connectivity index (χ0n) is 56.2. The Kier molecular flexibility index (Phi) is 44.3. The number of nitriles is 2. The van der Waals surface area contributed by atoms with Crippen molar-refractivity contribution in [3.8, 4) is 12.1 Å². The molecule has 0 radical (unpaired) electrons. The van der Waals surface area contributed by atoms with E-state index in [1.165, 1.54) is 134 Å². The quantitative estimate of drug-likeness (QED) is 0.0176. The molecule has 12 rings (SSSR count). The molecule has 0 unspecified atom stereocenters. The van der Waals surface area contributed by atoms with Crippen LogP contribution in [0.25, 0.3) is 20.2 Å². The average molecular weight is 1630 g/mol. The second kappa shape index (κ2) is 49.3. The Balaban J connectivity index is 0.000000623. The maximum absolute atomic E-state index is 13.8. The SMILES string of the molecule is C=O.N#Cc1cccc(F)c1F.N#Cc1cccc(F)c1S.NC(=O)c1cccc(F)c1SSc1c(F)cccc1C(N)=O.O=C(C1CC1)N1CCN(Cn2sc3c(F)cccc3c2=O)CC1.O=C(C1CC1)N1CCNCC1.O=CC(F)(F)F.O=S(=O)(O)O.O=c1[nH]sc2c(F)cccc12.S.[2H]CF.[Na][Na]. The molecule has 2 aromatic heterocycles. The monoisotopic (exact) mass is 1630 g/mol. The Morgan fingerprint density at radius 2 is 1.06 bits per heavy atom. The molecule has 6 aromatic carbocycles. The minimum absolute atomic E-state index is 0. The van der Waals surface area contributed by atoms with Crippen molar-refractivity contribution >= 4 is 182 Å². The van der Waals surface area contributed by atoms with E-state index in [1.54, 1.807) is 22.2 Å². The molecule has 8 N–H and O–H groups in total. The summed E-state index contributed by atoms with van der Waals surface area (Å²) in [6, 6.07) is 27.9. The molecule has 22 nitrogen and oxygen atoms in total. The molecule has 2 saturated heterocycles. The molecule has 2 aliphatic heterocycles. The van der Waals surface area contributed by atoms with Crippen LogP contribution in [-0.2, 0) is 36.2 Å². The van der Waals surface area contributed by atoms with Crippen molar-refractivity contribution in [3.05, 3.63) is 193 Å². The number of H-pyrrole nitrogens is 1. The number of nitrogens with zero attached hydrogens (tertiary/aromatic N) is 6. The van der Waals surface area contributed by atoms with Gasteiger partial charge in [0, 0.05) is 64.2 Å². The Morgan fingerprint density at radius 3 is 1.45 bits per heavy atom. The number of nitrogens with one attached hydrogen (secondary N) is 2. The zero-order chi connectivity index (χ0) is 79.3. The van der Waals surface area contributed by atoms with Gasteiger partial charge in [-0.05, 0) is 120 Å². The number of halogens is 11. The van der Waals surface area contributed by atoms with E-state index < -0.39 is 70.9 Å². The summed E-state index contributed by atoms with van der Waals surface area (Å²) in [4.78, 5) is 92.2. The van der Waals surface area contributed by atoms with Gasteiger partial charge in [0.15, 0.2) is 11.6 Å². The van der Waals surface area contributed by atoms with Crippen LogP contribution in [0.4, 0.5) is 48.3 Å². The molecule has 105 heavy (non-hydrogen) atoms. The number of primary amides is 2. The molecule has 4 fully saturated rings. The van der Waals surface area contributed by atoms with Gasteiger partial charge in [-0.3, -0.25) is 56.3 Å². The van der Waals surface area contributed by atoms with E-state index >= 15 is 0 Å². The summed E-state index contributed by atoms with van der Waals surface area (Å²) in [5.74, 6) is -4.80. The van der Waals surface area contributed by atoms with Crippen molar-refractivity contribution in [1.29, 1.82) is 10.5 Å². The third-order valence-electron chi connectivity index (χ3n) is 13.4. The number of carbonyl (C=O) groups excluding carboxylic acids is 6. The fraction of sp³-hybridized carbons (Fsp3) is 0.270. The van der Waals surface area contributed by atoms with Crippen LogP contribution < -0.4 is 27.9 Å². The average Bonchev–Trinajstić information content (AvgIpc) is 1.69. The van der Waals surface area contributed by atoms with Gasteiger partial charge < -0.3 is 31.4 Å². The molecule has 0 spiro atoms. The first kappa shape index (κ1) is 94.4. The van der Waals surface area contributed by atoms with Gasteiger partial charge in [0.1, 0.15) is 48.0 Å². The zero-order valence-corrected chi connectivity index (χ0v) is 65.2. The molecule has 0 atom stereocenters. The number of nitrogens with two attached hydrogens (primary N) is 2. The fourth-order valence-electron chi connectivity index (χ4n) is 8.30. The molecule has 558 valence electrons. The molecule has 4 heterocycles. The van der Waals surface area contributed by atoms with E-state index in [-0.39, 0.29) is 85.0 Å². The summed E-state index contributed by atoms with van der Waals surface area (Å²) in [5, 5.41) is 20.7. The van der Waals surface area contributed by atoms with Crippen molar-refractivity contribution in [2.24, 2.45) is 23.3 Å². The summed E-state index contributed by atoms with van der Waals surface area (Å²) in [7, 11) is -4.08. The second-order valence-corrected chi connectivity index (χ2v) is 25.8. The van der Waals surface area contributed by atoms with Gasteiger partial charge in [0.05, 0.1) is 72.3 Å². The van der Waals surface area contributed by atoms with Crippen LogP contribution in [0.3, 0.4) is 0 Å². The Labute approximate surface area is 651 Å². The number of fused-ring (bicyclic) bond motifs is 2. The van der Waals surface area contributed by atoms with Crippen LogP contribution in [0, 0.1) is 75.2 Å². The first-order valence-corrected chi connectivity index (χ1v) is 43.4. The van der Waals surface area contributed by atoms with Crippen molar-refractivity contribution in [2.75, 3.05) is 59.5 Å². The number of rotatable bonds is 9. The van der Waals surface area contributed by atoms with Gasteiger partial charge in [-0.2, -0.15) is 45.6 Å². The van der Waals surface area contributed by atoms with E-state index in [9.17, 15) is 77.1 Å². The molecule has 0 bridgehead atoms. The molecule has 4 amide bonds. The van der Waals surface area contributed by atoms with E-state index in [4.69, 9.17) is 50.5 Å². The van der Waals surface area contributed by atoms with Crippen LogP contribution in [0.5, 0.6) is 0 Å². The van der Waals surface area contributed by atoms with Crippen LogP contribution in [0.1, 0.15) is 58.9 Å². The normalized spacial score (nSPS) is 13.4. The number of amides is 4. The van der Waals surface area contributed by atoms with E-state index in [1.807, 2.05) is 22.7 Å². The number of benzene rings is 6. The van der Waals surface area contributed by atoms with Gasteiger partial charge in [-0.1, -0.05) is 59.5 Å². The van der Waals surface area contributed by atoms with E-state index in [0.717, 1.165) is 116 Å². The summed E-state index contributed by atoms with van der Waals surface area (Å²) >= 11 is 8.88. The molecule has 42 heteroatoms. The predicted octanol–water partition coefficient (Wildman–Crippen LogP) is 9.90. The van der Waals surface area contributed by atoms with Gasteiger partial charge in [-0.15, -0.1) is 12.6 Å². The first-order valence-electron chi connectivity index (χ1n) is 30.6. The van der Waals surface area contributed by atoms with Crippen LogP contribution >= 0.6 is 70.8 Å². The van der Waals surface area contributed by atoms with Crippen molar-refractivity contribution in [2.45, 2.75) is 53.2 Å². The fourth-order valence-corrected chi connectivity index (χ4v) is 12.8. The van der Waals surface area contributed by atoms with Gasteiger partial charge in [0.2, 0.25) is 29.9 Å². The van der Waals surface area contributed by atoms with E-state index in [2.05, 4.69) is 27.2 Å². The topological polar surface area (TPSA) is 353 Å². The molecular formula is C63H63F11N10Na2O12S7. The summed E-state index contributed by atoms with van der Waals surface area (Å²) in [6.45, 7) is 9.15. The van der Waals surface area contributed by atoms with Gasteiger partial charge in [-0.25, -0.2) is 34.7 Å². The molecule has 8 aromatic rings. The number of carbonyl (C=O) groups is 6. The summed E-state index contributed by atoms with van der Waals surface area (Å²) in [6.07, 6.45) is -1.39. The number of hydrogen-bond donors (Lipinski definition) is 7. The third-order valence-corrected chi connectivity index (χ3v) is 18.3. The Morgan fingerprint density at radius 1 is 0.676 bits per heavy atom. The van der Waals surface area contributed by atoms with Crippen molar-refractivity contribution in [3.63, 3.8) is 0 Å². The number of thiol groups is 1.